The van der Waals surface area contributed by atoms with E-state index < -0.39 is 0 Å². The van der Waals surface area contributed by atoms with E-state index in [4.69, 9.17) is 5.73 Å². The van der Waals surface area contributed by atoms with Gasteiger partial charge in [0.25, 0.3) is 0 Å². The Morgan fingerprint density at radius 1 is 1.13 bits per heavy atom. The van der Waals surface area contributed by atoms with Crippen molar-refractivity contribution in [2.45, 2.75) is 18.5 Å². The van der Waals surface area contributed by atoms with Crippen LogP contribution in [0.3, 0.4) is 0 Å². The lowest BCUT2D eigenvalue weighted by Crippen LogP contribution is -2.49. The molecule has 2 nitrogen and oxygen atoms in total. The van der Waals surface area contributed by atoms with Crippen LogP contribution in [0.5, 0.6) is 0 Å². The molecule has 1 atom stereocenters. The molecule has 1 saturated heterocycles. The summed E-state index contributed by atoms with van der Waals surface area (Å²) in [6.07, 6.45) is 6.83. The SMILES string of the molecule is NC1(N2CCCC2)C=Cc2ccccc21. The van der Waals surface area contributed by atoms with E-state index in [1.807, 2.05) is 0 Å². The third kappa shape index (κ3) is 1.25. The Bertz CT molecular complexity index is 405. The van der Waals surface area contributed by atoms with Crippen molar-refractivity contribution in [3.05, 3.63) is 41.5 Å². The first-order valence-corrected chi connectivity index (χ1v) is 5.63. The van der Waals surface area contributed by atoms with Crippen LogP contribution in [0.15, 0.2) is 30.3 Å². The molecule has 3 rings (SSSR count). The monoisotopic (exact) mass is 200 g/mol. The Kier molecular flexibility index (Phi) is 1.94. The van der Waals surface area contributed by atoms with Gasteiger partial charge in [0, 0.05) is 13.1 Å². The number of nitrogens with two attached hydrogens (primary N) is 1. The van der Waals surface area contributed by atoms with Gasteiger partial charge in [0.1, 0.15) is 5.66 Å². The van der Waals surface area contributed by atoms with Crippen molar-refractivity contribution in [3.8, 4) is 0 Å². The number of likely N-dealkylation sites (tertiary alicyclic amines) is 1. The van der Waals surface area contributed by atoms with E-state index in [1.165, 1.54) is 24.0 Å². The molecule has 0 saturated carbocycles. The summed E-state index contributed by atoms with van der Waals surface area (Å²) in [5, 5.41) is 0. The van der Waals surface area contributed by atoms with E-state index in [9.17, 15) is 0 Å². The van der Waals surface area contributed by atoms with Gasteiger partial charge >= 0.3 is 0 Å². The number of hydrogen-bond donors (Lipinski definition) is 1. The lowest BCUT2D eigenvalue weighted by molar-refractivity contribution is 0.176. The average Bonchev–Trinajstić information content (AvgIpc) is 2.88. The number of nitrogens with zero attached hydrogens (tertiary/aromatic N) is 1. The van der Waals surface area contributed by atoms with Crippen molar-refractivity contribution in [2.24, 2.45) is 5.73 Å². The quantitative estimate of drug-likeness (QED) is 0.750. The zero-order valence-electron chi connectivity index (χ0n) is 8.82. The van der Waals surface area contributed by atoms with Crippen LogP contribution in [-0.2, 0) is 5.66 Å². The van der Waals surface area contributed by atoms with Crippen LogP contribution in [0.4, 0.5) is 0 Å². The fraction of sp³-hybridized carbons (Fsp3) is 0.385. The highest BCUT2D eigenvalue weighted by Gasteiger charge is 2.37. The zero-order valence-corrected chi connectivity index (χ0v) is 8.82. The van der Waals surface area contributed by atoms with Crippen molar-refractivity contribution in [1.82, 2.24) is 4.90 Å². The minimum absolute atomic E-state index is 0.340. The minimum Gasteiger partial charge on any atom is -0.306 e. The summed E-state index contributed by atoms with van der Waals surface area (Å²) in [5.41, 5.74) is 8.70. The van der Waals surface area contributed by atoms with Gasteiger partial charge in [0.05, 0.1) is 0 Å². The summed E-state index contributed by atoms with van der Waals surface area (Å²) in [4.78, 5) is 2.38. The highest BCUT2D eigenvalue weighted by Crippen LogP contribution is 2.36. The van der Waals surface area contributed by atoms with Crippen LogP contribution >= 0.6 is 0 Å². The van der Waals surface area contributed by atoms with Gasteiger partial charge in [-0.2, -0.15) is 0 Å². The standard InChI is InChI=1S/C13H16N2/c14-13(15-9-3-4-10-15)8-7-11-5-1-2-6-12(11)13/h1-2,5-8H,3-4,9-10,14H2. The van der Waals surface area contributed by atoms with E-state index in [0.29, 0.717) is 0 Å². The first-order chi connectivity index (χ1) is 7.31. The maximum absolute atomic E-state index is 6.52. The van der Waals surface area contributed by atoms with Crippen molar-refractivity contribution in [3.63, 3.8) is 0 Å². The molecule has 1 unspecified atom stereocenters. The van der Waals surface area contributed by atoms with Gasteiger partial charge in [-0.25, -0.2) is 0 Å². The van der Waals surface area contributed by atoms with Crippen molar-refractivity contribution in [2.75, 3.05) is 13.1 Å². The van der Waals surface area contributed by atoms with E-state index >= 15 is 0 Å². The molecule has 15 heavy (non-hydrogen) atoms. The van der Waals surface area contributed by atoms with Gasteiger partial charge in [-0.15, -0.1) is 0 Å². The Labute approximate surface area is 90.4 Å². The van der Waals surface area contributed by atoms with E-state index in [-0.39, 0.29) is 5.66 Å². The summed E-state index contributed by atoms with van der Waals surface area (Å²) in [7, 11) is 0. The normalized spacial score (nSPS) is 29.7. The molecule has 0 bridgehead atoms. The topological polar surface area (TPSA) is 29.3 Å². The molecule has 2 heteroatoms. The molecule has 1 aliphatic heterocycles. The first-order valence-electron chi connectivity index (χ1n) is 5.63. The Morgan fingerprint density at radius 2 is 1.87 bits per heavy atom. The molecule has 0 spiro atoms. The van der Waals surface area contributed by atoms with Gasteiger partial charge in [0.15, 0.2) is 0 Å². The predicted octanol–water partition coefficient (Wildman–Crippen LogP) is 1.92. The van der Waals surface area contributed by atoms with Crippen LogP contribution < -0.4 is 5.73 Å². The van der Waals surface area contributed by atoms with Crippen LogP contribution in [-0.4, -0.2) is 18.0 Å². The Balaban J connectivity index is 2.04. The summed E-state index contributed by atoms with van der Waals surface area (Å²) < 4.78 is 0. The van der Waals surface area contributed by atoms with Gasteiger partial charge in [0.2, 0.25) is 0 Å². The molecule has 78 valence electrons. The Hall–Kier alpha value is -1.12. The molecule has 1 aromatic rings. The molecule has 0 amide bonds. The maximum atomic E-state index is 6.52. The molecule has 0 aromatic heterocycles. The molecule has 2 N–H and O–H groups in total. The van der Waals surface area contributed by atoms with Crippen LogP contribution in [0.1, 0.15) is 24.0 Å². The summed E-state index contributed by atoms with van der Waals surface area (Å²) in [6, 6.07) is 8.42. The molecule has 1 aromatic carbocycles. The highest BCUT2D eigenvalue weighted by atomic mass is 15.3. The fourth-order valence-corrected chi connectivity index (χ4v) is 2.68. The molecular weight excluding hydrogens is 184 g/mol. The maximum Gasteiger partial charge on any atom is 0.115 e. The van der Waals surface area contributed by atoms with Crippen molar-refractivity contribution < 1.29 is 0 Å². The molecule has 1 heterocycles. The van der Waals surface area contributed by atoms with Crippen LogP contribution in [0, 0.1) is 0 Å². The van der Waals surface area contributed by atoms with Crippen molar-refractivity contribution in [1.29, 1.82) is 0 Å². The van der Waals surface area contributed by atoms with Crippen LogP contribution in [0.25, 0.3) is 6.08 Å². The summed E-state index contributed by atoms with van der Waals surface area (Å²) in [6.45, 7) is 2.24. The summed E-state index contributed by atoms with van der Waals surface area (Å²) in [5.74, 6) is 0. The van der Waals surface area contributed by atoms with Gasteiger partial charge in [-0.05, 0) is 30.0 Å². The van der Waals surface area contributed by atoms with Gasteiger partial charge in [-0.3, -0.25) is 4.90 Å². The van der Waals surface area contributed by atoms with E-state index in [2.05, 4.69) is 41.3 Å². The average molecular weight is 200 g/mol. The largest absolute Gasteiger partial charge is 0.306 e. The number of hydrogen-bond acceptors (Lipinski definition) is 2. The molecule has 0 radical (unpaired) electrons. The fourth-order valence-electron chi connectivity index (χ4n) is 2.68. The number of benzene rings is 1. The third-order valence-corrected chi connectivity index (χ3v) is 3.54. The third-order valence-electron chi connectivity index (χ3n) is 3.54. The molecule has 1 fully saturated rings. The lowest BCUT2D eigenvalue weighted by atomic mass is 10.0. The van der Waals surface area contributed by atoms with Gasteiger partial charge in [-0.1, -0.05) is 30.3 Å². The second-order valence-corrected chi connectivity index (χ2v) is 4.44. The predicted molar refractivity (Wildman–Crippen MR) is 62.1 cm³/mol. The highest BCUT2D eigenvalue weighted by molar-refractivity contribution is 5.64. The molecular formula is C13H16N2. The van der Waals surface area contributed by atoms with Crippen molar-refractivity contribution >= 4 is 6.08 Å². The second kappa shape index (κ2) is 3.19. The Morgan fingerprint density at radius 3 is 2.67 bits per heavy atom. The smallest absolute Gasteiger partial charge is 0.115 e. The lowest BCUT2D eigenvalue weighted by Gasteiger charge is -2.34. The number of fused-ring (bicyclic) bond motifs is 1. The summed E-state index contributed by atoms with van der Waals surface area (Å²) >= 11 is 0. The first kappa shape index (κ1) is 9.13. The molecule has 1 aliphatic carbocycles. The van der Waals surface area contributed by atoms with Gasteiger partial charge < -0.3 is 5.73 Å². The second-order valence-electron chi connectivity index (χ2n) is 4.44. The molecule has 2 aliphatic rings. The van der Waals surface area contributed by atoms with Crippen LogP contribution in [0.2, 0.25) is 0 Å². The minimum atomic E-state index is -0.340. The number of rotatable bonds is 1. The van der Waals surface area contributed by atoms with E-state index in [1.54, 1.807) is 0 Å². The zero-order chi connectivity index (χ0) is 10.3. The van der Waals surface area contributed by atoms with E-state index in [0.717, 1.165) is 13.1 Å².